The fourth-order valence-electron chi connectivity index (χ4n) is 6.19. The highest BCUT2D eigenvalue weighted by Gasteiger charge is 2.26. The van der Waals surface area contributed by atoms with Crippen LogP contribution in [-0.2, 0) is 13.4 Å². The molecule has 0 aliphatic carbocycles. The molecule has 0 spiro atoms. The van der Waals surface area contributed by atoms with Crippen LogP contribution < -0.4 is 4.57 Å². The molecule has 2 heterocycles. The number of hydrogen-bond donors (Lipinski definition) is 0. The lowest BCUT2D eigenvalue weighted by atomic mass is 9.87. The van der Waals surface area contributed by atoms with Crippen LogP contribution in [0.5, 0.6) is 0 Å². The molecule has 0 saturated carbocycles. The second kappa shape index (κ2) is 9.78. The molecular formula is C39H32FN2O+. The summed E-state index contributed by atoms with van der Waals surface area (Å²) < 4.78 is 51.0. The molecule has 0 aliphatic rings. The Bertz CT molecular complexity index is 2450. The number of pyridine rings is 1. The SMILES string of the molecule is [2H]c1c(-c2c(C#N)ccc3c2oc2c(-c4cc(C([2H])([2H])C(C)(C)C)c(F)c[n+]4C)c(C)ccc23)c2ccccc2c2ccccc12. The van der Waals surface area contributed by atoms with Crippen LogP contribution in [-0.4, -0.2) is 0 Å². The molecule has 5 aromatic carbocycles. The molecule has 2 aromatic heterocycles. The van der Waals surface area contributed by atoms with E-state index in [0.29, 0.717) is 45.2 Å². The van der Waals surface area contributed by atoms with E-state index in [4.69, 9.17) is 7.16 Å². The minimum Gasteiger partial charge on any atom is -0.454 e. The van der Waals surface area contributed by atoms with E-state index in [0.717, 1.165) is 37.9 Å². The van der Waals surface area contributed by atoms with Gasteiger partial charge in [0.1, 0.15) is 18.2 Å². The maximum Gasteiger partial charge on any atom is 0.216 e. The van der Waals surface area contributed by atoms with Crippen molar-refractivity contribution in [3.63, 3.8) is 0 Å². The van der Waals surface area contributed by atoms with E-state index >= 15 is 4.39 Å². The lowest BCUT2D eigenvalue weighted by Gasteiger charge is -2.18. The predicted molar refractivity (Wildman–Crippen MR) is 173 cm³/mol. The molecule has 0 radical (unpaired) electrons. The van der Waals surface area contributed by atoms with Gasteiger partial charge >= 0.3 is 0 Å². The number of hydrogen-bond acceptors (Lipinski definition) is 2. The van der Waals surface area contributed by atoms with Crippen LogP contribution in [0.1, 0.15) is 41.6 Å². The quantitative estimate of drug-likeness (QED) is 0.158. The van der Waals surface area contributed by atoms with Crippen molar-refractivity contribution in [3.05, 3.63) is 114 Å². The van der Waals surface area contributed by atoms with Gasteiger partial charge in [0.15, 0.2) is 5.82 Å². The van der Waals surface area contributed by atoms with Crippen LogP contribution in [0.2, 0.25) is 0 Å². The van der Waals surface area contributed by atoms with Crippen molar-refractivity contribution >= 4 is 43.5 Å². The molecule has 0 saturated heterocycles. The van der Waals surface area contributed by atoms with Crippen molar-refractivity contribution in [1.82, 2.24) is 0 Å². The zero-order valence-electron chi connectivity index (χ0n) is 27.8. The predicted octanol–water partition coefficient (Wildman–Crippen LogP) is 9.96. The fraction of sp³-hybridized carbons (Fsp3) is 0.179. The lowest BCUT2D eigenvalue weighted by molar-refractivity contribution is -0.662. The summed E-state index contributed by atoms with van der Waals surface area (Å²) in [6, 6.07) is 27.6. The number of furan rings is 1. The van der Waals surface area contributed by atoms with Crippen LogP contribution in [0, 0.1) is 29.5 Å². The molecule has 4 heteroatoms. The van der Waals surface area contributed by atoms with Gasteiger partial charge in [0.2, 0.25) is 11.9 Å². The van der Waals surface area contributed by atoms with E-state index < -0.39 is 17.6 Å². The van der Waals surface area contributed by atoms with Gasteiger partial charge in [-0.1, -0.05) is 81.4 Å². The van der Waals surface area contributed by atoms with Crippen LogP contribution in [0.4, 0.5) is 4.39 Å². The Kier molecular flexibility index (Phi) is 5.35. The molecule has 0 amide bonds. The summed E-state index contributed by atoms with van der Waals surface area (Å²) in [6.07, 6.45) is -0.631. The molecule has 0 bridgehead atoms. The third-order valence-corrected chi connectivity index (χ3v) is 8.05. The first-order chi connectivity index (χ1) is 21.8. The molecule has 43 heavy (non-hydrogen) atoms. The van der Waals surface area contributed by atoms with Gasteiger partial charge in [-0.2, -0.15) is 9.83 Å². The summed E-state index contributed by atoms with van der Waals surface area (Å²) in [5.41, 5.74) is 3.92. The lowest BCUT2D eigenvalue weighted by Crippen LogP contribution is -2.32. The number of halogens is 1. The van der Waals surface area contributed by atoms with Gasteiger partial charge in [-0.3, -0.25) is 0 Å². The Labute approximate surface area is 254 Å². The number of fused-ring (bicyclic) bond motifs is 6. The van der Waals surface area contributed by atoms with Crippen LogP contribution in [0.25, 0.3) is 65.9 Å². The molecular weight excluding hydrogens is 531 g/mol. The van der Waals surface area contributed by atoms with E-state index in [-0.39, 0.29) is 5.56 Å². The summed E-state index contributed by atoms with van der Waals surface area (Å²) >= 11 is 0. The molecule has 0 aliphatic heterocycles. The highest BCUT2D eigenvalue weighted by molar-refractivity contribution is 6.19. The standard InChI is InChI=1S/C39H32FN2O/c1-23-14-16-30-31-17-15-25(21-41)36(32-18-24-10-6-7-11-27(24)28-12-8-9-13-29(28)32)38(31)43-37(30)35(23)34-19-26(20-39(2,3)4)33(40)22-42(34)5/h6-19,22H,20H2,1-5H3/q+1/i18D,20D2. The Hall–Kier alpha value is -5.01. The van der Waals surface area contributed by atoms with Crippen molar-refractivity contribution in [2.75, 3.05) is 0 Å². The molecule has 7 aromatic rings. The summed E-state index contributed by atoms with van der Waals surface area (Å²) in [7, 11) is 1.74. The van der Waals surface area contributed by atoms with Crippen molar-refractivity contribution in [1.29, 1.82) is 5.26 Å². The largest absolute Gasteiger partial charge is 0.454 e. The minimum absolute atomic E-state index is 0.0189. The van der Waals surface area contributed by atoms with Crippen molar-refractivity contribution in [3.8, 4) is 28.5 Å². The summed E-state index contributed by atoms with van der Waals surface area (Å²) in [6.45, 7) is 7.23. The Balaban J connectivity index is 1.61. The molecule has 210 valence electrons. The first kappa shape index (κ1) is 23.5. The van der Waals surface area contributed by atoms with Gasteiger partial charge in [0, 0.05) is 30.7 Å². The average Bonchev–Trinajstić information content (AvgIpc) is 3.40. The first-order valence-electron chi connectivity index (χ1n) is 15.8. The fourth-order valence-corrected chi connectivity index (χ4v) is 6.19. The van der Waals surface area contributed by atoms with E-state index in [2.05, 4.69) is 6.07 Å². The van der Waals surface area contributed by atoms with Gasteiger partial charge in [-0.15, -0.1) is 0 Å². The third kappa shape index (κ3) is 4.35. The van der Waals surface area contributed by atoms with Crippen molar-refractivity contribution in [2.24, 2.45) is 12.5 Å². The zero-order valence-corrected chi connectivity index (χ0v) is 24.8. The maximum atomic E-state index is 15.4. The normalized spacial score (nSPS) is 13.4. The third-order valence-electron chi connectivity index (χ3n) is 8.05. The molecule has 7 rings (SSSR count). The number of aromatic nitrogens is 1. The smallest absolute Gasteiger partial charge is 0.216 e. The van der Waals surface area contributed by atoms with Crippen molar-refractivity contribution < 1.29 is 17.5 Å². The van der Waals surface area contributed by atoms with Gasteiger partial charge in [0.05, 0.1) is 18.6 Å². The zero-order chi connectivity index (χ0) is 32.7. The molecule has 0 atom stereocenters. The van der Waals surface area contributed by atoms with Crippen molar-refractivity contribution in [2.45, 2.75) is 34.1 Å². The molecule has 0 fully saturated rings. The average molecular weight is 567 g/mol. The Morgan fingerprint density at radius 1 is 0.884 bits per heavy atom. The molecule has 0 unspecified atom stereocenters. The Morgan fingerprint density at radius 3 is 2.26 bits per heavy atom. The van der Waals surface area contributed by atoms with Gasteiger partial charge in [-0.25, -0.2) is 4.39 Å². The molecule has 0 N–H and O–H groups in total. The van der Waals surface area contributed by atoms with Gasteiger partial charge in [0.25, 0.3) is 0 Å². The highest BCUT2D eigenvalue weighted by Crippen LogP contribution is 2.45. The minimum atomic E-state index is -1.95. The van der Waals surface area contributed by atoms with Crippen LogP contribution in [0.3, 0.4) is 0 Å². The first-order valence-corrected chi connectivity index (χ1v) is 14.3. The number of benzene rings is 5. The van der Waals surface area contributed by atoms with E-state index in [1.54, 1.807) is 44.5 Å². The topological polar surface area (TPSA) is 40.8 Å². The number of aryl methyl sites for hydroxylation is 2. The summed E-state index contributed by atoms with van der Waals surface area (Å²) in [4.78, 5) is 0. The van der Waals surface area contributed by atoms with Crippen LogP contribution >= 0.6 is 0 Å². The maximum absolute atomic E-state index is 15.4. The second-order valence-electron chi connectivity index (χ2n) is 12.2. The van der Waals surface area contributed by atoms with Gasteiger partial charge in [-0.05, 0) is 69.6 Å². The van der Waals surface area contributed by atoms with E-state index in [9.17, 15) is 6.63 Å². The van der Waals surface area contributed by atoms with Gasteiger partial charge < -0.3 is 4.42 Å². The highest BCUT2D eigenvalue weighted by atomic mass is 19.1. The van der Waals surface area contributed by atoms with Crippen LogP contribution in [0.15, 0.2) is 95.5 Å². The number of nitrogens with zero attached hydrogens (tertiary/aromatic N) is 2. The summed E-state index contributed by atoms with van der Waals surface area (Å²) in [5, 5.41) is 15.6. The number of rotatable bonds is 3. The second-order valence-corrected chi connectivity index (χ2v) is 12.2. The molecule has 3 nitrogen and oxygen atoms in total. The summed E-state index contributed by atoms with van der Waals surface area (Å²) in [5.74, 6) is -0.618. The number of nitriles is 1. The Morgan fingerprint density at radius 2 is 1.53 bits per heavy atom. The monoisotopic (exact) mass is 566 g/mol. The van der Waals surface area contributed by atoms with E-state index in [1.807, 2.05) is 73.7 Å². The van der Waals surface area contributed by atoms with E-state index in [1.165, 1.54) is 6.20 Å².